The Bertz CT molecular complexity index is 310. The van der Waals surface area contributed by atoms with Crippen LogP contribution in [0.5, 0.6) is 0 Å². The van der Waals surface area contributed by atoms with E-state index in [1.54, 1.807) is 0 Å². The summed E-state index contributed by atoms with van der Waals surface area (Å²) in [5.41, 5.74) is 7.29. The fraction of sp³-hybridized carbons (Fsp3) is 0.455. The second-order valence-corrected chi connectivity index (χ2v) is 5.35. The van der Waals surface area contributed by atoms with Gasteiger partial charge in [-0.2, -0.15) is 11.8 Å². The van der Waals surface area contributed by atoms with Crippen molar-refractivity contribution < 1.29 is 0 Å². The van der Waals surface area contributed by atoms with Crippen LogP contribution >= 0.6 is 23.4 Å². The molecule has 0 amide bonds. The van der Waals surface area contributed by atoms with Crippen LogP contribution in [-0.2, 0) is 0 Å². The zero-order valence-corrected chi connectivity index (χ0v) is 9.52. The second-order valence-electron chi connectivity index (χ2n) is 3.60. The molecular weight excluding hydrogens is 214 g/mol. The van der Waals surface area contributed by atoms with Gasteiger partial charge < -0.3 is 5.73 Å². The van der Waals surface area contributed by atoms with Crippen LogP contribution < -0.4 is 5.73 Å². The van der Waals surface area contributed by atoms with Crippen molar-refractivity contribution in [2.75, 3.05) is 5.75 Å². The average molecular weight is 228 g/mol. The predicted molar refractivity (Wildman–Crippen MR) is 63.9 cm³/mol. The third-order valence-electron chi connectivity index (χ3n) is 2.63. The molecule has 2 rings (SSSR count). The first-order chi connectivity index (χ1) is 6.79. The highest BCUT2D eigenvalue weighted by atomic mass is 35.5. The van der Waals surface area contributed by atoms with Gasteiger partial charge in [0.25, 0.3) is 0 Å². The number of benzene rings is 1. The van der Waals surface area contributed by atoms with Gasteiger partial charge in [-0.15, -0.1) is 0 Å². The van der Waals surface area contributed by atoms with Crippen molar-refractivity contribution in [2.45, 2.75) is 24.1 Å². The summed E-state index contributed by atoms with van der Waals surface area (Å²) in [5.74, 6) is 1.24. The summed E-state index contributed by atoms with van der Waals surface area (Å²) in [6, 6.07) is 7.99. The normalized spacial score (nSPS) is 23.7. The first-order valence-corrected chi connectivity index (χ1v) is 6.33. The molecule has 1 aliphatic rings. The summed E-state index contributed by atoms with van der Waals surface area (Å²) >= 11 is 8.08. The molecule has 2 N–H and O–H groups in total. The molecule has 2 atom stereocenters. The molecule has 1 aromatic carbocycles. The number of nitrogens with two attached hydrogens (primary N) is 1. The zero-order valence-electron chi connectivity index (χ0n) is 7.95. The maximum absolute atomic E-state index is 6.20. The molecule has 1 fully saturated rings. The maximum atomic E-state index is 6.20. The Labute approximate surface area is 94.0 Å². The molecule has 14 heavy (non-hydrogen) atoms. The summed E-state index contributed by atoms with van der Waals surface area (Å²) < 4.78 is 0. The molecule has 0 saturated carbocycles. The van der Waals surface area contributed by atoms with E-state index in [-0.39, 0.29) is 6.04 Å². The van der Waals surface area contributed by atoms with Crippen molar-refractivity contribution >= 4 is 23.4 Å². The highest BCUT2D eigenvalue weighted by Gasteiger charge is 2.24. The van der Waals surface area contributed by atoms with Gasteiger partial charge in [0.15, 0.2) is 0 Å². The monoisotopic (exact) mass is 227 g/mol. The number of halogens is 1. The van der Waals surface area contributed by atoms with E-state index >= 15 is 0 Å². The fourth-order valence-corrected chi connectivity index (χ4v) is 3.42. The van der Waals surface area contributed by atoms with Crippen molar-refractivity contribution in [1.29, 1.82) is 0 Å². The molecule has 76 valence electrons. The van der Waals surface area contributed by atoms with Crippen LogP contribution in [0.3, 0.4) is 0 Å². The minimum Gasteiger partial charge on any atom is -0.323 e. The van der Waals surface area contributed by atoms with Gasteiger partial charge in [0.1, 0.15) is 0 Å². The lowest BCUT2D eigenvalue weighted by Crippen LogP contribution is -2.21. The summed E-state index contributed by atoms with van der Waals surface area (Å²) in [4.78, 5) is 0. The van der Waals surface area contributed by atoms with Crippen molar-refractivity contribution in [1.82, 2.24) is 0 Å². The lowest BCUT2D eigenvalue weighted by atomic mass is 10.0. The summed E-state index contributed by atoms with van der Waals surface area (Å²) in [7, 11) is 0. The summed E-state index contributed by atoms with van der Waals surface area (Å²) in [5, 5.41) is 1.35. The van der Waals surface area contributed by atoms with E-state index in [2.05, 4.69) is 0 Å². The van der Waals surface area contributed by atoms with E-state index in [0.29, 0.717) is 5.25 Å². The Morgan fingerprint density at radius 3 is 2.86 bits per heavy atom. The third kappa shape index (κ3) is 2.08. The van der Waals surface area contributed by atoms with Crippen LogP contribution in [0, 0.1) is 0 Å². The van der Waals surface area contributed by atoms with E-state index in [1.165, 1.54) is 18.6 Å². The van der Waals surface area contributed by atoms with Gasteiger partial charge in [0.05, 0.1) is 0 Å². The molecule has 3 heteroatoms. The SMILES string of the molecule is NC(c1ccccc1Cl)C1CCCS1. The smallest absolute Gasteiger partial charge is 0.0454 e. The van der Waals surface area contributed by atoms with Gasteiger partial charge in [-0.05, 0) is 30.2 Å². The maximum Gasteiger partial charge on any atom is 0.0454 e. The Balaban J connectivity index is 2.17. The summed E-state index contributed by atoms with van der Waals surface area (Å²) in [6.07, 6.45) is 2.50. The minimum absolute atomic E-state index is 0.0937. The van der Waals surface area contributed by atoms with Gasteiger partial charge in [-0.1, -0.05) is 29.8 Å². The van der Waals surface area contributed by atoms with Crippen molar-refractivity contribution in [2.24, 2.45) is 5.73 Å². The van der Waals surface area contributed by atoms with Crippen LogP contribution in [-0.4, -0.2) is 11.0 Å². The number of hydrogen-bond acceptors (Lipinski definition) is 2. The van der Waals surface area contributed by atoms with Gasteiger partial charge in [0, 0.05) is 16.3 Å². The average Bonchev–Trinajstić information content (AvgIpc) is 2.70. The molecule has 1 saturated heterocycles. The van der Waals surface area contributed by atoms with Crippen molar-refractivity contribution in [3.8, 4) is 0 Å². The zero-order chi connectivity index (χ0) is 9.97. The van der Waals surface area contributed by atoms with E-state index in [9.17, 15) is 0 Å². The number of thioether (sulfide) groups is 1. The van der Waals surface area contributed by atoms with Gasteiger partial charge in [-0.25, -0.2) is 0 Å². The van der Waals surface area contributed by atoms with Crippen LogP contribution in [0.15, 0.2) is 24.3 Å². The van der Waals surface area contributed by atoms with E-state index in [0.717, 1.165) is 10.6 Å². The van der Waals surface area contributed by atoms with E-state index in [4.69, 9.17) is 17.3 Å². The van der Waals surface area contributed by atoms with Crippen LogP contribution in [0.25, 0.3) is 0 Å². The number of rotatable bonds is 2. The molecule has 0 bridgehead atoms. The highest BCUT2D eigenvalue weighted by molar-refractivity contribution is 8.00. The first-order valence-electron chi connectivity index (χ1n) is 4.90. The molecule has 2 unspecified atom stereocenters. The Kier molecular flexibility index (Phi) is 3.37. The molecule has 0 radical (unpaired) electrons. The van der Waals surface area contributed by atoms with Crippen molar-refractivity contribution in [3.63, 3.8) is 0 Å². The quantitative estimate of drug-likeness (QED) is 0.840. The second kappa shape index (κ2) is 4.56. The Hall–Kier alpha value is -0.180. The number of hydrogen-bond donors (Lipinski definition) is 1. The lowest BCUT2D eigenvalue weighted by Gasteiger charge is -2.19. The Morgan fingerprint density at radius 2 is 2.21 bits per heavy atom. The standard InChI is InChI=1S/C11H14ClNS/c12-9-5-2-1-4-8(9)11(13)10-6-3-7-14-10/h1-2,4-5,10-11H,3,6-7,13H2. The van der Waals surface area contributed by atoms with Crippen LogP contribution in [0.2, 0.25) is 5.02 Å². The molecule has 0 spiro atoms. The largest absolute Gasteiger partial charge is 0.323 e. The highest BCUT2D eigenvalue weighted by Crippen LogP contribution is 2.36. The molecule has 1 heterocycles. The van der Waals surface area contributed by atoms with Gasteiger partial charge in [0.2, 0.25) is 0 Å². The van der Waals surface area contributed by atoms with Gasteiger partial charge >= 0.3 is 0 Å². The van der Waals surface area contributed by atoms with Crippen LogP contribution in [0.4, 0.5) is 0 Å². The van der Waals surface area contributed by atoms with E-state index in [1.807, 2.05) is 36.0 Å². The first kappa shape index (κ1) is 10.3. The van der Waals surface area contributed by atoms with E-state index < -0.39 is 0 Å². The fourth-order valence-electron chi connectivity index (χ4n) is 1.83. The molecule has 1 nitrogen and oxygen atoms in total. The van der Waals surface area contributed by atoms with Crippen LogP contribution in [0.1, 0.15) is 24.4 Å². The molecule has 0 aliphatic carbocycles. The molecule has 1 aromatic rings. The molecular formula is C11H14ClNS. The minimum atomic E-state index is 0.0937. The van der Waals surface area contributed by atoms with Gasteiger partial charge in [-0.3, -0.25) is 0 Å². The lowest BCUT2D eigenvalue weighted by molar-refractivity contribution is 0.646. The topological polar surface area (TPSA) is 26.0 Å². The third-order valence-corrected chi connectivity index (χ3v) is 4.46. The van der Waals surface area contributed by atoms with Crippen molar-refractivity contribution in [3.05, 3.63) is 34.9 Å². The Morgan fingerprint density at radius 1 is 1.43 bits per heavy atom. The molecule has 1 aliphatic heterocycles. The molecule has 0 aromatic heterocycles. The summed E-state index contributed by atoms with van der Waals surface area (Å²) in [6.45, 7) is 0. The predicted octanol–water partition coefficient (Wildman–Crippen LogP) is 3.24.